The monoisotopic (exact) mass is 349 g/mol. The lowest BCUT2D eigenvalue weighted by molar-refractivity contribution is 0.573. The molecule has 0 radical (unpaired) electrons. The van der Waals surface area contributed by atoms with Gasteiger partial charge in [0.2, 0.25) is 0 Å². The van der Waals surface area contributed by atoms with Gasteiger partial charge in [-0.3, -0.25) is 4.68 Å². The molecule has 114 valence electrons. The van der Waals surface area contributed by atoms with Crippen molar-refractivity contribution in [2.75, 3.05) is 0 Å². The zero-order chi connectivity index (χ0) is 15.6. The molecular formula is C17H24BrN3. The highest BCUT2D eigenvalue weighted by Crippen LogP contribution is 2.23. The van der Waals surface area contributed by atoms with Crippen LogP contribution in [0.25, 0.3) is 0 Å². The Morgan fingerprint density at radius 3 is 2.33 bits per heavy atom. The zero-order valence-corrected chi connectivity index (χ0v) is 14.9. The second kappa shape index (κ2) is 6.75. The van der Waals surface area contributed by atoms with E-state index in [1.165, 1.54) is 22.4 Å². The zero-order valence-electron chi connectivity index (χ0n) is 13.3. The first kappa shape index (κ1) is 16.2. The van der Waals surface area contributed by atoms with Crippen LogP contribution in [0.4, 0.5) is 0 Å². The third kappa shape index (κ3) is 3.95. The molecule has 21 heavy (non-hydrogen) atoms. The summed E-state index contributed by atoms with van der Waals surface area (Å²) < 4.78 is 3.14. The van der Waals surface area contributed by atoms with Gasteiger partial charge in [0.25, 0.3) is 0 Å². The van der Waals surface area contributed by atoms with E-state index in [0.29, 0.717) is 0 Å². The topological polar surface area (TPSA) is 43.8 Å². The average Bonchev–Trinajstić information content (AvgIpc) is 2.65. The van der Waals surface area contributed by atoms with E-state index < -0.39 is 0 Å². The molecule has 1 heterocycles. The number of hydrogen-bond acceptors (Lipinski definition) is 2. The summed E-state index contributed by atoms with van der Waals surface area (Å²) in [5.41, 5.74) is 12.5. The molecule has 0 spiro atoms. The van der Waals surface area contributed by atoms with E-state index in [9.17, 15) is 0 Å². The van der Waals surface area contributed by atoms with Crippen molar-refractivity contribution in [3.63, 3.8) is 0 Å². The summed E-state index contributed by atoms with van der Waals surface area (Å²) in [5.74, 6) is 0. The van der Waals surface area contributed by atoms with Crippen molar-refractivity contribution in [1.29, 1.82) is 0 Å². The van der Waals surface area contributed by atoms with Crippen molar-refractivity contribution in [3.05, 3.63) is 50.8 Å². The van der Waals surface area contributed by atoms with Crippen LogP contribution in [0.1, 0.15) is 35.0 Å². The van der Waals surface area contributed by atoms with Crippen LogP contribution >= 0.6 is 15.9 Å². The molecule has 1 aromatic heterocycles. The van der Waals surface area contributed by atoms with Crippen LogP contribution in [-0.4, -0.2) is 15.8 Å². The van der Waals surface area contributed by atoms with Gasteiger partial charge in [0.05, 0.1) is 15.9 Å². The Kier molecular flexibility index (Phi) is 5.22. The summed E-state index contributed by atoms with van der Waals surface area (Å²) in [5, 5.41) is 4.53. The SMILES string of the molecule is CCn1nc(C)c(Br)c1CC(N)Cc1cc(C)cc(C)c1. The molecule has 2 rings (SSSR count). The van der Waals surface area contributed by atoms with Crippen molar-refractivity contribution in [1.82, 2.24) is 9.78 Å². The molecule has 0 aliphatic carbocycles. The lowest BCUT2D eigenvalue weighted by atomic mass is 9.99. The highest BCUT2D eigenvalue weighted by molar-refractivity contribution is 9.10. The van der Waals surface area contributed by atoms with Gasteiger partial charge in [0.1, 0.15) is 0 Å². The first-order valence-electron chi connectivity index (χ1n) is 7.45. The van der Waals surface area contributed by atoms with Crippen molar-refractivity contribution in [2.24, 2.45) is 5.73 Å². The Hall–Kier alpha value is -1.13. The summed E-state index contributed by atoms with van der Waals surface area (Å²) in [4.78, 5) is 0. The van der Waals surface area contributed by atoms with Crippen molar-refractivity contribution < 1.29 is 0 Å². The Bertz CT molecular complexity index is 611. The smallest absolute Gasteiger partial charge is 0.0738 e. The summed E-state index contributed by atoms with van der Waals surface area (Å²) in [6.45, 7) is 9.27. The average molecular weight is 350 g/mol. The number of nitrogens with two attached hydrogens (primary N) is 1. The van der Waals surface area contributed by atoms with Gasteiger partial charge in [-0.1, -0.05) is 29.3 Å². The molecule has 0 saturated carbocycles. The number of nitrogens with zero attached hydrogens (tertiary/aromatic N) is 2. The standard InChI is InChI=1S/C17H24BrN3/c1-5-21-16(17(18)13(4)20-21)10-15(19)9-14-7-11(2)6-12(3)8-14/h6-8,15H,5,9-10,19H2,1-4H3. The number of hydrogen-bond donors (Lipinski definition) is 1. The van der Waals surface area contributed by atoms with Crippen molar-refractivity contribution in [2.45, 2.75) is 53.1 Å². The predicted molar refractivity (Wildman–Crippen MR) is 91.6 cm³/mol. The second-order valence-corrected chi connectivity index (χ2v) is 6.62. The maximum atomic E-state index is 6.38. The largest absolute Gasteiger partial charge is 0.327 e. The summed E-state index contributed by atoms with van der Waals surface area (Å²) in [6, 6.07) is 6.75. The maximum Gasteiger partial charge on any atom is 0.0738 e. The van der Waals surface area contributed by atoms with Gasteiger partial charge in [-0.15, -0.1) is 0 Å². The summed E-state index contributed by atoms with van der Waals surface area (Å²) in [6.07, 6.45) is 1.73. The highest BCUT2D eigenvalue weighted by atomic mass is 79.9. The van der Waals surface area contributed by atoms with Crippen molar-refractivity contribution >= 4 is 15.9 Å². The third-order valence-electron chi connectivity index (χ3n) is 3.69. The van der Waals surface area contributed by atoms with Gasteiger partial charge in [0, 0.05) is 19.0 Å². The number of aryl methyl sites for hydroxylation is 4. The van der Waals surface area contributed by atoms with Gasteiger partial charge in [0.15, 0.2) is 0 Å². The van der Waals surface area contributed by atoms with Gasteiger partial charge in [-0.05, 0) is 55.6 Å². The van der Waals surface area contributed by atoms with Crippen LogP contribution < -0.4 is 5.73 Å². The van der Waals surface area contributed by atoms with E-state index in [0.717, 1.165) is 29.6 Å². The molecule has 0 saturated heterocycles. The quantitative estimate of drug-likeness (QED) is 0.894. The minimum atomic E-state index is 0.101. The molecule has 4 heteroatoms. The van der Waals surface area contributed by atoms with Gasteiger partial charge >= 0.3 is 0 Å². The number of halogens is 1. The fourth-order valence-electron chi connectivity index (χ4n) is 2.87. The molecule has 2 N–H and O–H groups in total. The lowest BCUT2D eigenvalue weighted by Crippen LogP contribution is -2.27. The van der Waals surface area contributed by atoms with Crippen molar-refractivity contribution in [3.8, 4) is 0 Å². The fraction of sp³-hybridized carbons (Fsp3) is 0.471. The van der Waals surface area contributed by atoms with Crippen LogP contribution in [0.2, 0.25) is 0 Å². The van der Waals surface area contributed by atoms with E-state index in [2.05, 4.69) is 60.0 Å². The normalized spacial score (nSPS) is 12.7. The van der Waals surface area contributed by atoms with E-state index in [1.807, 2.05) is 11.6 Å². The fourth-order valence-corrected chi connectivity index (χ4v) is 3.32. The molecule has 1 aromatic carbocycles. The van der Waals surface area contributed by atoms with E-state index >= 15 is 0 Å². The van der Waals surface area contributed by atoms with Crippen LogP contribution in [0.5, 0.6) is 0 Å². The first-order valence-corrected chi connectivity index (χ1v) is 8.24. The van der Waals surface area contributed by atoms with E-state index in [1.54, 1.807) is 0 Å². The molecule has 0 fully saturated rings. The number of aromatic nitrogens is 2. The Labute approximate surface area is 135 Å². The molecule has 0 amide bonds. The molecule has 0 aliphatic heterocycles. The maximum absolute atomic E-state index is 6.38. The van der Waals surface area contributed by atoms with E-state index in [4.69, 9.17) is 5.73 Å². The Balaban J connectivity index is 2.13. The highest BCUT2D eigenvalue weighted by Gasteiger charge is 2.15. The van der Waals surface area contributed by atoms with Crippen LogP contribution in [0, 0.1) is 20.8 Å². The predicted octanol–water partition coefficient (Wildman–Crippen LogP) is 3.70. The Morgan fingerprint density at radius 1 is 1.14 bits per heavy atom. The lowest BCUT2D eigenvalue weighted by Gasteiger charge is -2.14. The van der Waals surface area contributed by atoms with Gasteiger partial charge in [-0.2, -0.15) is 5.10 Å². The summed E-state index contributed by atoms with van der Waals surface area (Å²) in [7, 11) is 0. The number of benzene rings is 1. The van der Waals surface area contributed by atoms with Gasteiger partial charge in [-0.25, -0.2) is 0 Å². The molecule has 2 aromatic rings. The molecule has 0 bridgehead atoms. The minimum Gasteiger partial charge on any atom is -0.327 e. The first-order chi connectivity index (χ1) is 9.90. The molecule has 1 atom stereocenters. The third-order valence-corrected chi connectivity index (χ3v) is 4.72. The molecule has 1 unspecified atom stereocenters. The van der Waals surface area contributed by atoms with Gasteiger partial charge < -0.3 is 5.73 Å². The van der Waals surface area contributed by atoms with Crippen LogP contribution in [0.3, 0.4) is 0 Å². The molecule has 3 nitrogen and oxygen atoms in total. The van der Waals surface area contributed by atoms with E-state index in [-0.39, 0.29) is 6.04 Å². The summed E-state index contributed by atoms with van der Waals surface area (Å²) >= 11 is 3.64. The second-order valence-electron chi connectivity index (χ2n) is 5.83. The number of rotatable bonds is 5. The molecular weight excluding hydrogens is 326 g/mol. The Morgan fingerprint density at radius 2 is 1.76 bits per heavy atom. The minimum absolute atomic E-state index is 0.101. The van der Waals surface area contributed by atoms with Crippen LogP contribution in [0.15, 0.2) is 22.7 Å². The van der Waals surface area contributed by atoms with Crippen LogP contribution in [-0.2, 0) is 19.4 Å². The molecule has 0 aliphatic rings.